The number of amides is 1. The zero-order valence-electron chi connectivity index (χ0n) is 10.5. The second kappa shape index (κ2) is 6.71. The maximum atomic E-state index is 13.3. The Hall–Kier alpha value is -0.610. The minimum absolute atomic E-state index is 0.108. The molecule has 0 radical (unpaired) electrons. The van der Waals surface area contributed by atoms with Crippen molar-refractivity contribution in [1.29, 1.82) is 0 Å². The molecule has 1 fully saturated rings. The van der Waals surface area contributed by atoms with Crippen LogP contribution in [0.5, 0.6) is 0 Å². The Morgan fingerprint density at radius 3 is 2.89 bits per heavy atom. The molecule has 0 aromatic heterocycles. The Bertz CT molecular complexity index is 469. The van der Waals surface area contributed by atoms with Crippen molar-refractivity contribution in [2.45, 2.75) is 19.3 Å². The Balaban J connectivity index is 1.96. The highest BCUT2D eigenvalue weighted by atomic mass is 79.9. The minimum Gasteiger partial charge on any atom is -0.352 e. The number of halogens is 3. The maximum absolute atomic E-state index is 13.3. The first kappa shape index (κ1) is 14.8. The molecule has 2 unspecified atom stereocenters. The quantitative estimate of drug-likeness (QED) is 0.818. The third kappa shape index (κ3) is 3.48. The van der Waals surface area contributed by atoms with Crippen molar-refractivity contribution in [2.24, 2.45) is 11.8 Å². The average molecular weight is 349 g/mol. The number of hydrogen-bond acceptors (Lipinski definition) is 1. The van der Waals surface area contributed by atoms with Gasteiger partial charge in [0.1, 0.15) is 5.82 Å². The molecule has 1 aliphatic rings. The van der Waals surface area contributed by atoms with E-state index in [4.69, 9.17) is 11.6 Å². The second-order valence-corrected chi connectivity index (χ2v) is 5.94. The van der Waals surface area contributed by atoms with Crippen LogP contribution >= 0.6 is 27.5 Å². The van der Waals surface area contributed by atoms with Crippen LogP contribution in [0.3, 0.4) is 0 Å². The standard InChI is InChI=1S/C14H16BrClFNO/c15-7-9-3-1-4-10(9)8-18-14(19)11-5-2-6-12(17)13(11)16/h2,5-6,9-10H,1,3-4,7-8H2,(H,18,19). The predicted octanol–water partition coefficient (Wildman–Crippen LogP) is 4.02. The molecule has 2 rings (SSSR count). The summed E-state index contributed by atoms with van der Waals surface area (Å²) in [5.74, 6) is 0.247. The third-order valence-electron chi connectivity index (χ3n) is 3.74. The molecule has 1 aromatic rings. The summed E-state index contributed by atoms with van der Waals surface area (Å²) >= 11 is 9.30. The molecule has 0 spiro atoms. The van der Waals surface area contributed by atoms with Crippen LogP contribution in [0.25, 0.3) is 0 Å². The normalized spacial score (nSPS) is 22.5. The largest absolute Gasteiger partial charge is 0.352 e. The van der Waals surface area contributed by atoms with Crippen molar-refractivity contribution in [2.75, 3.05) is 11.9 Å². The van der Waals surface area contributed by atoms with Crippen LogP contribution in [-0.2, 0) is 0 Å². The molecule has 2 nitrogen and oxygen atoms in total. The molecule has 0 heterocycles. The van der Waals surface area contributed by atoms with Crippen LogP contribution in [0.2, 0.25) is 5.02 Å². The van der Waals surface area contributed by atoms with Gasteiger partial charge in [-0.25, -0.2) is 4.39 Å². The molecule has 5 heteroatoms. The van der Waals surface area contributed by atoms with Gasteiger partial charge in [-0.3, -0.25) is 4.79 Å². The van der Waals surface area contributed by atoms with Gasteiger partial charge in [-0.15, -0.1) is 0 Å². The van der Waals surface area contributed by atoms with Crippen LogP contribution in [0, 0.1) is 17.7 Å². The van der Waals surface area contributed by atoms with Crippen molar-refractivity contribution in [1.82, 2.24) is 5.32 Å². The zero-order valence-corrected chi connectivity index (χ0v) is 12.8. The molecule has 2 atom stereocenters. The Morgan fingerprint density at radius 1 is 1.42 bits per heavy atom. The number of hydrogen-bond donors (Lipinski definition) is 1. The molecule has 1 amide bonds. The zero-order chi connectivity index (χ0) is 13.8. The number of rotatable bonds is 4. The van der Waals surface area contributed by atoms with Gasteiger partial charge in [0.15, 0.2) is 0 Å². The SMILES string of the molecule is O=C(NCC1CCCC1CBr)c1cccc(F)c1Cl. The van der Waals surface area contributed by atoms with Gasteiger partial charge in [-0.2, -0.15) is 0 Å². The average Bonchev–Trinajstić information content (AvgIpc) is 2.86. The molecule has 1 aromatic carbocycles. The molecular weight excluding hydrogens is 333 g/mol. The maximum Gasteiger partial charge on any atom is 0.252 e. The summed E-state index contributed by atoms with van der Waals surface area (Å²) in [6.45, 7) is 0.627. The molecule has 0 bridgehead atoms. The molecule has 0 aliphatic heterocycles. The van der Waals surface area contributed by atoms with Gasteiger partial charge in [0, 0.05) is 11.9 Å². The van der Waals surface area contributed by atoms with Crippen molar-refractivity contribution >= 4 is 33.4 Å². The van der Waals surface area contributed by atoms with Gasteiger partial charge in [0.2, 0.25) is 0 Å². The number of nitrogens with one attached hydrogen (secondary N) is 1. The second-order valence-electron chi connectivity index (χ2n) is 4.92. The lowest BCUT2D eigenvalue weighted by Gasteiger charge is -2.18. The molecule has 19 heavy (non-hydrogen) atoms. The summed E-state index contributed by atoms with van der Waals surface area (Å²) in [4.78, 5) is 12.0. The fraction of sp³-hybridized carbons (Fsp3) is 0.500. The number of carbonyl (C=O) groups is 1. The van der Waals surface area contributed by atoms with Gasteiger partial charge in [0.25, 0.3) is 5.91 Å². The van der Waals surface area contributed by atoms with E-state index in [1.165, 1.54) is 31.0 Å². The Kier molecular flexibility index (Phi) is 5.22. The van der Waals surface area contributed by atoms with Crippen molar-refractivity contribution in [3.8, 4) is 0 Å². The lowest BCUT2D eigenvalue weighted by Crippen LogP contribution is -2.31. The van der Waals surface area contributed by atoms with Crippen molar-refractivity contribution in [3.63, 3.8) is 0 Å². The van der Waals surface area contributed by atoms with Crippen molar-refractivity contribution in [3.05, 3.63) is 34.6 Å². The minimum atomic E-state index is -0.562. The summed E-state index contributed by atoms with van der Waals surface area (Å²) < 4.78 is 13.3. The van der Waals surface area contributed by atoms with E-state index in [9.17, 15) is 9.18 Å². The summed E-state index contributed by atoms with van der Waals surface area (Å²) in [6.07, 6.45) is 3.54. The highest BCUT2D eigenvalue weighted by Crippen LogP contribution is 2.32. The molecule has 104 valence electrons. The topological polar surface area (TPSA) is 29.1 Å². The number of benzene rings is 1. The smallest absolute Gasteiger partial charge is 0.252 e. The molecule has 1 aliphatic carbocycles. The van der Waals surface area contributed by atoms with Gasteiger partial charge in [-0.1, -0.05) is 40.0 Å². The summed E-state index contributed by atoms with van der Waals surface area (Å²) in [5.41, 5.74) is 0.204. The Labute approximate surface area is 125 Å². The van der Waals surface area contributed by atoms with Gasteiger partial charge >= 0.3 is 0 Å². The van der Waals surface area contributed by atoms with Gasteiger partial charge < -0.3 is 5.32 Å². The van der Waals surface area contributed by atoms with Crippen LogP contribution in [0.1, 0.15) is 29.6 Å². The fourth-order valence-electron chi connectivity index (χ4n) is 2.58. The first-order chi connectivity index (χ1) is 9.13. The first-order valence-corrected chi connectivity index (χ1v) is 7.91. The molecule has 1 N–H and O–H groups in total. The molecule has 1 saturated carbocycles. The summed E-state index contributed by atoms with van der Waals surface area (Å²) in [6, 6.07) is 4.28. The first-order valence-electron chi connectivity index (χ1n) is 6.41. The van der Waals surface area contributed by atoms with E-state index in [-0.39, 0.29) is 16.5 Å². The van der Waals surface area contributed by atoms with Crippen LogP contribution in [-0.4, -0.2) is 17.8 Å². The fourth-order valence-corrected chi connectivity index (χ4v) is 3.65. The van der Waals surface area contributed by atoms with E-state index in [1.54, 1.807) is 0 Å². The lowest BCUT2D eigenvalue weighted by atomic mass is 9.98. The highest BCUT2D eigenvalue weighted by Gasteiger charge is 2.26. The monoisotopic (exact) mass is 347 g/mol. The van der Waals surface area contributed by atoms with E-state index in [0.717, 1.165) is 11.8 Å². The van der Waals surface area contributed by atoms with Crippen LogP contribution < -0.4 is 5.32 Å². The predicted molar refractivity (Wildman–Crippen MR) is 78.4 cm³/mol. The van der Waals surface area contributed by atoms with Crippen LogP contribution in [0.15, 0.2) is 18.2 Å². The number of alkyl halides is 1. The highest BCUT2D eigenvalue weighted by molar-refractivity contribution is 9.09. The van der Waals surface area contributed by atoms with E-state index in [1.807, 2.05) is 0 Å². The van der Waals surface area contributed by atoms with Crippen molar-refractivity contribution < 1.29 is 9.18 Å². The molecule has 0 saturated heterocycles. The van der Waals surface area contributed by atoms with Gasteiger partial charge in [0.05, 0.1) is 10.6 Å². The number of carbonyl (C=O) groups excluding carboxylic acids is 1. The van der Waals surface area contributed by atoms with E-state index in [2.05, 4.69) is 21.2 Å². The lowest BCUT2D eigenvalue weighted by molar-refractivity contribution is 0.0944. The third-order valence-corrected chi connectivity index (χ3v) is 4.95. The summed E-state index contributed by atoms with van der Waals surface area (Å²) in [5, 5.41) is 3.72. The Morgan fingerprint density at radius 2 is 2.16 bits per heavy atom. The van der Waals surface area contributed by atoms with Crippen LogP contribution in [0.4, 0.5) is 4.39 Å². The molecular formula is C14H16BrClFNO. The van der Waals surface area contributed by atoms with Gasteiger partial charge in [-0.05, 0) is 36.8 Å². The summed E-state index contributed by atoms with van der Waals surface area (Å²) in [7, 11) is 0. The van der Waals surface area contributed by atoms with E-state index < -0.39 is 5.82 Å². The van der Waals surface area contributed by atoms with E-state index >= 15 is 0 Å². The van der Waals surface area contributed by atoms with E-state index in [0.29, 0.717) is 18.4 Å².